The second-order valence-corrected chi connectivity index (χ2v) is 18.9. The lowest BCUT2D eigenvalue weighted by atomic mass is 10.1. The van der Waals surface area contributed by atoms with Gasteiger partial charge >= 0.3 is 17.9 Å². The number of carbonyl (C=O) groups excluding carboxylic acids is 2. The third-order valence-electron chi connectivity index (χ3n) is 12.6. The van der Waals surface area contributed by atoms with Gasteiger partial charge in [0.1, 0.15) is 6.79 Å². The quantitative estimate of drug-likeness (QED) is 0.0175. The number of esters is 2. The summed E-state index contributed by atoms with van der Waals surface area (Å²) in [5.74, 6) is -1.23. The van der Waals surface area contributed by atoms with Gasteiger partial charge in [0.25, 0.3) is 0 Å². The molecule has 0 aromatic carbocycles. The Hall–Kier alpha value is -2.57. The molecule has 3 N–H and O–H groups in total. The molecule has 0 aliphatic carbocycles. The number of carboxylic acid groups (broad SMARTS) is 1. The van der Waals surface area contributed by atoms with Crippen molar-refractivity contribution < 1.29 is 53.4 Å². The number of hydrogen-bond acceptors (Lipinski definition) is 10. The van der Waals surface area contributed by atoms with Gasteiger partial charge in [-0.15, -0.1) is 0 Å². The van der Waals surface area contributed by atoms with Crippen molar-refractivity contribution in [1.29, 1.82) is 0 Å². The molecule has 390 valence electrons. The fraction of sp³-hybridized carbons (Fsp3) is 0.839. The zero-order valence-electron chi connectivity index (χ0n) is 42.9. The van der Waals surface area contributed by atoms with Gasteiger partial charge in [-0.25, -0.2) is 0 Å². The maximum atomic E-state index is 11.9. The molecule has 6 atom stereocenters. The maximum Gasteiger partial charge on any atom is 0.308 e. The molecular formula is C56H100O11. The molecule has 0 bridgehead atoms. The minimum atomic E-state index is -0.750. The van der Waals surface area contributed by atoms with Gasteiger partial charge in [-0.1, -0.05) is 173 Å². The van der Waals surface area contributed by atoms with Crippen LogP contribution < -0.4 is 0 Å². The number of allylic oxidation sites excluding steroid dienone is 3. The molecule has 67 heavy (non-hydrogen) atoms. The highest BCUT2D eigenvalue weighted by atomic mass is 16.7. The second-order valence-electron chi connectivity index (χ2n) is 18.9. The van der Waals surface area contributed by atoms with E-state index >= 15 is 0 Å². The average molecular weight is 949 g/mol. The molecule has 0 amide bonds. The predicted octanol–water partition coefficient (Wildman–Crippen LogP) is 14.1. The van der Waals surface area contributed by atoms with Crippen LogP contribution in [0.1, 0.15) is 252 Å². The molecule has 3 aliphatic heterocycles. The van der Waals surface area contributed by atoms with E-state index in [-0.39, 0.29) is 18.7 Å². The van der Waals surface area contributed by atoms with Crippen molar-refractivity contribution in [2.24, 2.45) is 0 Å². The number of aliphatic hydroxyl groups is 2. The average Bonchev–Trinajstić information content (AvgIpc) is 4.25. The number of aliphatic hydroxyl groups excluding tert-OH is 1. The van der Waals surface area contributed by atoms with E-state index in [0.29, 0.717) is 55.9 Å². The van der Waals surface area contributed by atoms with Crippen LogP contribution >= 0.6 is 0 Å². The zero-order valence-corrected chi connectivity index (χ0v) is 42.9. The molecule has 3 heterocycles. The minimum Gasteiger partial charge on any atom is -0.481 e. The molecule has 0 spiro atoms. The lowest BCUT2D eigenvalue weighted by Gasteiger charge is -2.06. The minimum absolute atomic E-state index is 0.257. The Labute approximate surface area is 408 Å². The van der Waals surface area contributed by atoms with Crippen LogP contribution in [-0.2, 0) is 38.1 Å². The van der Waals surface area contributed by atoms with Crippen LogP contribution in [0, 0.1) is 0 Å². The topological polar surface area (TPSA) is 168 Å². The number of unbranched alkanes of at least 4 members (excludes halogenated alkanes) is 21. The van der Waals surface area contributed by atoms with E-state index in [0.717, 1.165) is 96.3 Å². The summed E-state index contributed by atoms with van der Waals surface area (Å²) in [6, 6.07) is 0. The van der Waals surface area contributed by atoms with Crippen molar-refractivity contribution in [2.45, 2.75) is 289 Å². The third-order valence-corrected chi connectivity index (χ3v) is 12.6. The summed E-state index contributed by atoms with van der Waals surface area (Å²) in [6.45, 7) is 5.71. The summed E-state index contributed by atoms with van der Waals surface area (Å²) < 4.78 is 27.2. The summed E-state index contributed by atoms with van der Waals surface area (Å²) in [5, 5.41) is 22.8. The first-order chi connectivity index (χ1) is 32.8. The van der Waals surface area contributed by atoms with E-state index in [2.05, 4.69) is 57.2 Å². The number of carbonyl (C=O) groups is 3. The molecule has 11 nitrogen and oxygen atoms in total. The molecule has 3 saturated heterocycles. The molecule has 0 radical (unpaired) electrons. The van der Waals surface area contributed by atoms with Crippen LogP contribution in [0.2, 0.25) is 0 Å². The molecule has 3 aliphatic rings. The highest BCUT2D eigenvalue weighted by Crippen LogP contribution is 2.32. The van der Waals surface area contributed by atoms with Gasteiger partial charge < -0.3 is 39.0 Å². The van der Waals surface area contributed by atoms with E-state index in [1.54, 1.807) is 0 Å². The Kier molecular flexibility index (Phi) is 42.7. The zero-order chi connectivity index (χ0) is 48.8. The summed E-state index contributed by atoms with van der Waals surface area (Å²) >= 11 is 0. The van der Waals surface area contributed by atoms with Crippen LogP contribution in [0.25, 0.3) is 0 Å². The van der Waals surface area contributed by atoms with Crippen molar-refractivity contribution in [2.75, 3.05) is 13.6 Å². The molecule has 3 rings (SSSR count). The predicted molar refractivity (Wildman–Crippen MR) is 271 cm³/mol. The first-order valence-electron chi connectivity index (χ1n) is 27.4. The molecule has 0 unspecified atom stereocenters. The first kappa shape index (κ1) is 62.4. The summed E-state index contributed by atoms with van der Waals surface area (Å²) in [4.78, 5) is 34.1. The van der Waals surface area contributed by atoms with E-state index in [1.165, 1.54) is 116 Å². The van der Waals surface area contributed by atoms with Gasteiger partial charge in [0.05, 0.1) is 36.6 Å². The third kappa shape index (κ3) is 42.1. The molecule has 0 aromatic heterocycles. The maximum absolute atomic E-state index is 11.9. The largest absolute Gasteiger partial charge is 0.481 e. The Bertz CT molecular complexity index is 1190. The van der Waals surface area contributed by atoms with Crippen molar-refractivity contribution >= 4 is 17.9 Å². The van der Waals surface area contributed by atoms with Crippen LogP contribution in [0.4, 0.5) is 0 Å². The van der Waals surface area contributed by atoms with Gasteiger partial charge in [-0.2, -0.15) is 0 Å². The van der Waals surface area contributed by atoms with Crippen molar-refractivity contribution in [3.63, 3.8) is 0 Å². The van der Waals surface area contributed by atoms with E-state index in [4.69, 9.17) is 39.0 Å². The summed E-state index contributed by atoms with van der Waals surface area (Å²) in [6.07, 6.45) is 55.9. The Morgan fingerprint density at radius 3 is 1.01 bits per heavy atom. The van der Waals surface area contributed by atoms with Gasteiger partial charge in [0.15, 0.2) is 0 Å². The fourth-order valence-electron chi connectivity index (χ4n) is 8.25. The Morgan fingerprint density at radius 1 is 0.403 bits per heavy atom. The van der Waals surface area contributed by atoms with Crippen LogP contribution in [0.5, 0.6) is 0 Å². The van der Waals surface area contributed by atoms with Gasteiger partial charge in [-0.05, 0) is 96.3 Å². The van der Waals surface area contributed by atoms with Gasteiger partial charge in [-0.3, -0.25) is 14.4 Å². The SMILES string of the molecule is CCCCC[C@@H]1O[C@@H]1C/C=C\CCCCCCCC(=O)OCOC(=O)CCCCCCC/C=C\C[C@@H]1O[C@@H]1CCCCC.CCCCC[C@H]1O[C@H]1C/C=C\CCCCCCCC(=O)O.OCO. The first-order valence-corrected chi connectivity index (χ1v) is 27.4. The van der Waals surface area contributed by atoms with E-state index < -0.39 is 12.8 Å². The number of epoxide rings is 3. The lowest BCUT2D eigenvalue weighted by Crippen LogP contribution is -2.12. The van der Waals surface area contributed by atoms with Crippen molar-refractivity contribution in [1.82, 2.24) is 0 Å². The highest BCUT2D eigenvalue weighted by molar-refractivity contribution is 5.71. The van der Waals surface area contributed by atoms with Crippen LogP contribution in [-0.4, -0.2) is 83.4 Å². The smallest absolute Gasteiger partial charge is 0.308 e. The fourth-order valence-corrected chi connectivity index (χ4v) is 8.25. The van der Waals surface area contributed by atoms with E-state index in [1.807, 2.05) is 0 Å². The number of rotatable bonds is 44. The number of hydrogen-bond donors (Lipinski definition) is 3. The van der Waals surface area contributed by atoms with E-state index in [9.17, 15) is 14.4 Å². The van der Waals surface area contributed by atoms with Crippen LogP contribution in [0.15, 0.2) is 36.5 Å². The highest BCUT2D eigenvalue weighted by Gasteiger charge is 2.37. The number of aliphatic carboxylic acids is 1. The molecular weight excluding hydrogens is 849 g/mol. The monoisotopic (exact) mass is 949 g/mol. The summed E-state index contributed by atoms with van der Waals surface area (Å²) in [7, 11) is 0. The number of carboxylic acids is 1. The van der Waals surface area contributed by atoms with Crippen molar-refractivity contribution in [3.8, 4) is 0 Å². The standard InChI is InChI=1S/C37H64O6.C18H32O3.CH4O2/c1-3-5-19-25-32-34(42-32)27-21-15-11-7-9-13-17-23-29-36(38)40-31-41-37(39)30-24-18-14-10-8-12-16-22-28-35-33(43-35)26-20-6-4-2;1-2-3-10-13-16-17(21-16)14-11-8-6-4-5-7-9-12-15-18(19)20;2-1-3/h15-16,21-22,32-35H,3-14,17-20,23-31H2,1-2H3;8,11,16-17H,2-7,9-10,12-15H2,1H3,(H,19,20);2-3H,1H2/b21-15-,22-16-;11-8-;/t32-,33+,34+,35-;16-,17+;/m.1./s1. The van der Waals surface area contributed by atoms with Crippen LogP contribution in [0.3, 0.4) is 0 Å². The Balaban J connectivity index is 0.000000778. The molecule has 0 saturated carbocycles. The van der Waals surface area contributed by atoms with Gasteiger partial charge in [0, 0.05) is 19.3 Å². The number of ether oxygens (including phenoxy) is 5. The molecule has 0 aromatic rings. The molecule has 3 fully saturated rings. The normalized spacial score (nSPS) is 20.4. The van der Waals surface area contributed by atoms with Gasteiger partial charge in [0.2, 0.25) is 6.79 Å². The second kappa shape index (κ2) is 45.8. The molecule has 11 heteroatoms. The lowest BCUT2D eigenvalue weighted by molar-refractivity contribution is -0.167. The summed E-state index contributed by atoms with van der Waals surface area (Å²) in [5.41, 5.74) is 0. The Morgan fingerprint density at radius 2 is 0.701 bits per heavy atom. The van der Waals surface area contributed by atoms with Crippen molar-refractivity contribution in [3.05, 3.63) is 36.5 Å².